The molecule has 0 atom stereocenters. The molecule has 1 saturated carbocycles. The normalized spacial score (nSPS) is 21.4. The number of nitrogens with two attached hydrogens (primary N) is 1. The Balaban J connectivity index is 2.91. The summed E-state index contributed by atoms with van der Waals surface area (Å²) in [5, 5.41) is 0. The van der Waals surface area contributed by atoms with Gasteiger partial charge in [-0.25, -0.2) is 8.42 Å². The largest absolute Gasteiger partial charge is 0.329 e. The highest BCUT2D eigenvalue weighted by atomic mass is 32.2. The van der Waals surface area contributed by atoms with Gasteiger partial charge in [-0.2, -0.15) is 4.31 Å². The molecule has 0 aliphatic heterocycles. The molecular weight excluding hydrogens is 236 g/mol. The highest BCUT2D eigenvalue weighted by molar-refractivity contribution is 7.89. The van der Waals surface area contributed by atoms with Crippen LogP contribution in [0, 0.1) is 0 Å². The quantitative estimate of drug-likeness (QED) is 0.767. The van der Waals surface area contributed by atoms with E-state index in [0.717, 1.165) is 25.7 Å². The minimum atomic E-state index is -3.14. The monoisotopic (exact) mass is 262 g/mol. The topological polar surface area (TPSA) is 63.4 Å². The third kappa shape index (κ3) is 3.42. The molecule has 1 aliphatic carbocycles. The van der Waals surface area contributed by atoms with E-state index in [2.05, 4.69) is 0 Å². The average molecular weight is 262 g/mol. The van der Waals surface area contributed by atoms with Crippen LogP contribution in [-0.4, -0.2) is 37.6 Å². The predicted octanol–water partition coefficient (Wildman–Crippen LogP) is 1.71. The van der Waals surface area contributed by atoms with Crippen molar-refractivity contribution in [2.24, 2.45) is 5.73 Å². The van der Waals surface area contributed by atoms with Gasteiger partial charge in [-0.05, 0) is 19.3 Å². The van der Waals surface area contributed by atoms with Crippen LogP contribution in [0.3, 0.4) is 0 Å². The number of sulfonamides is 1. The van der Waals surface area contributed by atoms with E-state index in [4.69, 9.17) is 5.73 Å². The lowest BCUT2D eigenvalue weighted by Crippen LogP contribution is -2.54. The van der Waals surface area contributed by atoms with Crippen LogP contribution in [0.4, 0.5) is 0 Å². The van der Waals surface area contributed by atoms with E-state index in [1.807, 2.05) is 6.92 Å². The van der Waals surface area contributed by atoms with Crippen LogP contribution in [-0.2, 0) is 10.0 Å². The van der Waals surface area contributed by atoms with Crippen LogP contribution in [0.5, 0.6) is 0 Å². The Morgan fingerprint density at radius 3 is 2.12 bits per heavy atom. The Bertz CT molecular complexity index is 319. The van der Waals surface area contributed by atoms with Gasteiger partial charge >= 0.3 is 0 Å². The summed E-state index contributed by atoms with van der Waals surface area (Å²) in [5.74, 6) is 0.227. The molecule has 0 amide bonds. The Kier molecular flexibility index (Phi) is 5.41. The second-order valence-electron chi connectivity index (χ2n) is 5.13. The lowest BCUT2D eigenvalue weighted by atomic mass is 9.90. The second-order valence-corrected chi connectivity index (χ2v) is 7.25. The third-order valence-electron chi connectivity index (χ3n) is 3.96. The van der Waals surface area contributed by atoms with Crippen molar-refractivity contribution in [2.75, 3.05) is 19.3 Å². The molecule has 102 valence electrons. The van der Waals surface area contributed by atoms with Crippen molar-refractivity contribution in [3.63, 3.8) is 0 Å². The Morgan fingerprint density at radius 1 is 1.18 bits per heavy atom. The van der Waals surface area contributed by atoms with E-state index in [1.165, 1.54) is 12.8 Å². The summed E-state index contributed by atoms with van der Waals surface area (Å²) in [5.41, 5.74) is 5.57. The average Bonchev–Trinajstić information content (AvgIpc) is 2.54. The van der Waals surface area contributed by atoms with Gasteiger partial charge < -0.3 is 5.73 Å². The lowest BCUT2D eigenvalue weighted by molar-refractivity contribution is 0.196. The van der Waals surface area contributed by atoms with Gasteiger partial charge in [-0.1, -0.05) is 32.6 Å². The highest BCUT2D eigenvalue weighted by Crippen LogP contribution is 2.32. The number of likely N-dealkylation sites (N-methyl/N-ethyl adjacent to an activating group) is 1. The number of rotatable bonds is 5. The molecule has 0 aromatic rings. The van der Waals surface area contributed by atoms with Gasteiger partial charge in [0.15, 0.2) is 0 Å². The lowest BCUT2D eigenvalue weighted by Gasteiger charge is -2.39. The van der Waals surface area contributed by atoms with Crippen molar-refractivity contribution in [1.82, 2.24) is 4.31 Å². The molecule has 4 nitrogen and oxygen atoms in total. The summed E-state index contributed by atoms with van der Waals surface area (Å²) < 4.78 is 25.9. The highest BCUT2D eigenvalue weighted by Gasteiger charge is 2.39. The van der Waals surface area contributed by atoms with Crippen LogP contribution in [0.1, 0.15) is 51.9 Å². The van der Waals surface area contributed by atoms with Gasteiger partial charge in [0.2, 0.25) is 10.0 Å². The van der Waals surface area contributed by atoms with E-state index in [0.29, 0.717) is 13.0 Å². The second kappa shape index (κ2) is 6.16. The smallest absolute Gasteiger partial charge is 0.214 e. The fourth-order valence-corrected chi connectivity index (χ4v) is 4.36. The standard InChI is InChI=1S/C12H26N2O2S/c1-3-10-17(15,16)14(2)12(11-13)8-6-4-5-7-9-12/h3-11,13H2,1-2H3. The van der Waals surface area contributed by atoms with Crippen molar-refractivity contribution in [2.45, 2.75) is 57.4 Å². The molecule has 0 unspecified atom stereocenters. The van der Waals surface area contributed by atoms with Crippen LogP contribution < -0.4 is 5.73 Å². The molecule has 17 heavy (non-hydrogen) atoms. The first-order chi connectivity index (χ1) is 7.98. The van der Waals surface area contributed by atoms with Gasteiger partial charge in [0, 0.05) is 19.1 Å². The van der Waals surface area contributed by atoms with Gasteiger partial charge in [0.25, 0.3) is 0 Å². The van der Waals surface area contributed by atoms with E-state index in [-0.39, 0.29) is 11.3 Å². The fourth-order valence-electron chi connectivity index (χ4n) is 2.72. The maximum absolute atomic E-state index is 12.2. The van der Waals surface area contributed by atoms with E-state index >= 15 is 0 Å². The zero-order chi connectivity index (χ0) is 12.9. The molecule has 1 fully saturated rings. The number of hydrogen-bond acceptors (Lipinski definition) is 3. The van der Waals surface area contributed by atoms with Gasteiger partial charge in [-0.3, -0.25) is 0 Å². The summed E-state index contributed by atoms with van der Waals surface area (Å²) in [6, 6.07) is 0. The molecule has 0 saturated heterocycles. The van der Waals surface area contributed by atoms with Crippen LogP contribution >= 0.6 is 0 Å². The summed E-state index contributed by atoms with van der Waals surface area (Å²) in [6.07, 6.45) is 7.04. The Morgan fingerprint density at radius 2 is 1.71 bits per heavy atom. The van der Waals surface area contributed by atoms with E-state index < -0.39 is 10.0 Å². The minimum Gasteiger partial charge on any atom is -0.329 e. The first-order valence-electron chi connectivity index (χ1n) is 6.65. The predicted molar refractivity (Wildman–Crippen MR) is 71.3 cm³/mol. The maximum Gasteiger partial charge on any atom is 0.214 e. The van der Waals surface area contributed by atoms with Gasteiger partial charge in [-0.15, -0.1) is 0 Å². The molecule has 0 bridgehead atoms. The maximum atomic E-state index is 12.2. The van der Waals surface area contributed by atoms with Crippen LogP contribution in [0.2, 0.25) is 0 Å². The molecule has 2 N–H and O–H groups in total. The molecular formula is C12H26N2O2S. The van der Waals surface area contributed by atoms with Crippen molar-refractivity contribution >= 4 is 10.0 Å². The molecule has 0 aromatic carbocycles. The summed E-state index contributed by atoms with van der Waals surface area (Å²) in [7, 11) is -1.43. The Labute approximate surface area is 106 Å². The van der Waals surface area contributed by atoms with Crippen molar-refractivity contribution in [1.29, 1.82) is 0 Å². The summed E-state index contributed by atoms with van der Waals surface area (Å²) in [4.78, 5) is 0. The minimum absolute atomic E-state index is 0.227. The molecule has 5 heteroatoms. The van der Waals surface area contributed by atoms with Gasteiger partial charge in [0.1, 0.15) is 0 Å². The number of hydrogen-bond donors (Lipinski definition) is 1. The van der Waals surface area contributed by atoms with Crippen LogP contribution in [0.25, 0.3) is 0 Å². The van der Waals surface area contributed by atoms with Crippen molar-refractivity contribution < 1.29 is 8.42 Å². The van der Waals surface area contributed by atoms with Crippen LogP contribution in [0.15, 0.2) is 0 Å². The zero-order valence-electron chi connectivity index (χ0n) is 11.1. The first kappa shape index (κ1) is 14.9. The first-order valence-corrected chi connectivity index (χ1v) is 8.26. The van der Waals surface area contributed by atoms with Crippen molar-refractivity contribution in [3.8, 4) is 0 Å². The molecule has 0 spiro atoms. The zero-order valence-corrected chi connectivity index (χ0v) is 11.9. The summed E-state index contributed by atoms with van der Waals surface area (Å²) >= 11 is 0. The third-order valence-corrected chi connectivity index (χ3v) is 6.11. The van der Waals surface area contributed by atoms with E-state index in [1.54, 1.807) is 11.4 Å². The SMILES string of the molecule is CCCS(=O)(=O)N(C)C1(CN)CCCCCC1. The summed E-state index contributed by atoms with van der Waals surface area (Å²) in [6.45, 7) is 2.33. The molecule has 1 rings (SSSR count). The van der Waals surface area contributed by atoms with Crippen molar-refractivity contribution in [3.05, 3.63) is 0 Å². The molecule has 1 aliphatic rings. The Hall–Kier alpha value is -0.130. The fraction of sp³-hybridized carbons (Fsp3) is 1.00. The number of nitrogens with zero attached hydrogens (tertiary/aromatic N) is 1. The molecule has 0 heterocycles. The molecule has 0 aromatic heterocycles. The van der Waals surface area contributed by atoms with E-state index in [9.17, 15) is 8.42 Å². The molecule has 0 radical (unpaired) electrons. The van der Waals surface area contributed by atoms with Gasteiger partial charge in [0.05, 0.1) is 5.75 Å².